The van der Waals surface area contributed by atoms with Gasteiger partial charge in [0.05, 0.1) is 11.3 Å². The molecule has 0 aliphatic carbocycles. The van der Waals surface area contributed by atoms with Gasteiger partial charge in [-0.2, -0.15) is 5.10 Å². The van der Waals surface area contributed by atoms with Crippen molar-refractivity contribution in [1.29, 1.82) is 0 Å². The van der Waals surface area contributed by atoms with E-state index in [1.807, 2.05) is 91.8 Å². The van der Waals surface area contributed by atoms with Crippen molar-refractivity contribution in [2.45, 2.75) is 0 Å². The lowest BCUT2D eigenvalue weighted by atomic mass is 10.0. The van der Waals surface area contributed by atoms with Crippen molar-refractivity contribution in [1.82, 2.24) is 9.78 Å². The number of rotatable bonds is 7. The molecule has 0 unspecified atom stereocenters. The predicted molar refractivity (Wildman–Crippen MR) is 148 cm³/mol. The van der Waals surface area contributed by atoms with Crippen LogP contribution in [0.3, 0.4) is 0 Å². The van der Waals surface area contributed by atoms with E-state index in [2.05, 4.69) is 5.32 Å². The molecule has 0 bridgehead atoms. The lowest BCUT2D eigenvalue weighted by Gasteiger charge is -2.12. The quantitative estimate of drug-likeness (QED) is 0.283. The Labute approximate surface area is 215 Å². The highest BCUT2D eigenvalue weighted by atomic mass is 16.1. The molecule has 0 saturated carbocycles. The first-order valence-corrected chi connectivity index (χ1v) is 11.9. The molecule has 0 saturated heterocycles. The summed E-state index contributed by atoms with van der Waals surface area (Å²) in [5, 5.41) is 7.72. The van der Waals surface area contributed by atoms with Crippen LogP contribution in [0.4, 0.5) is 11.4 Å². The van der Waals surface area contributed by atoms with Gasteiger partial charge in [-0.25, -0.2) is 4.68 Å². The minimum atomic E-state index is -0.307. The fourth-order valence-electron chi connectivity index (χ4n) is 4.08. The van der Waals surface area contributed by atoms with E-state index in [0.717, 1.165) is 16.9 Å². The molecule has 0 fully saturated rings. The third-order valence-electron chi connectivity index (χ3n) is 6.06. The van der Waals surface area contributed by atoms with E-state index in [0.29, 0.717) is 28.1 Å². The standard InChI is InChI=1S/C31H26N4O2/c1-34(2)26-18-16-22(17-19-26)29-28(21-35(33-29)27-14-7-4-8-15-27)31(37)32-25-13-9-12-24(20-25)30(36)23-10-5-3-6-11-23/h3-21H,1-2H3,(H,32,37). The van der Waals surface area contributed by atoms with Gasteiger partial charge in [0, 0.05) is 48.4 Å². The van der Waals surface area contributed by atoms with E-state index in [1.54, 1.807) is 47.3 Å². The van der Waals surface area contributed by atoms with Crippen molar-refractivity contribution in [2.75, 3.05) is 24.3 Å². The molecule has 0 spiro atoms. The zero-order valence-electron chi connectivity index (χ0n) is 20.6. The summed E-state index contributed by atoms with van der Waals surface area (Å²) in [6.45, 7) is 0. The van der Waals surface area contributed by atoms with Crippen molar-refractivity contribution >= 4 is 23.1 Å². The molecule has 1 aromatic heterocycles. The zero-order valence-corrected chi connectivity index (χ0v) is 20.6. The fraction of sp³-hybridized carbons (Fsp3) is 0.0645. The first-order valence-electron chi connectivity index (χ1n) is 11.9. The van der Waals surface area contributed by atoms with Crippen LogP contribution in [0.15, 0.2) is 115 Å². The van der Waals surface area contributed by atoms with Crippen LogP contribution >= 0.6 is 0 Å². The number of anilines is 2. The topological polar surface area (TPSA) is 67.2 Å². The van der Waals surface area contributed by atoms with Gasteiger partial charge in [-0.05, 0) is 36.4 Å². The van der Waals surface area contributed by atoms with Gasteiger partial charge < -0.3 is 10.2 Å². The summed E-state index contributed by atoms with van der Waals surface area (Å²) in [5.74, 6) is -0.409. The minimum Gasteiger partial charge on any atom is -0.378 e. The molecule has 1 N–H and O–H groups in total. The molecule has 5 rings (SSSR count). The number of nitrogens with one attached hydrogen (secondary N) is 1. The Morgan fingerprint density at radius 2 is 1.41 bits per heavy atom. The number of hydrogen-bond donors (Lipinski definition) is 1. The maximum Gasteiger partial charge on any atom is 0.259 e. The van der Waals surface area contributed by atoms with E-state index < -0.39 is 0 Å². The second kappa shape index (κ2) is 10.3. The molecule has 6 nitrogen and oxygen atoms in total. The molecule has 37 heavy (non-hydrogen) atoms. The second-order valence-electron chi connectivity index (χ2n) is 8.84. The van der Waals surface area contributed by atoms with Gasteiger partial charge in [0.25, 0.3) is 5.91 Å². The summed E-state index contributed by atoms with van der Waals surface area (Å²) in [4.78, 5) is 28.4. The van der Waals surface area contributed by atoms with E-state index in [9.17, 15) is 9.59 Å². The molecule has 0 aliphatic rings. The Kier molecular flexibility index (Phi) is 6.64. The van der Waals surface area contributed by atoms with Crippen LogP contribution in [0.25, 0.3) is 16.9 Å². The minimum absolute atomic E-state index is 0.102. The van der Waals surface area contributed by atoms with Crippen LogP contribution in [0.5, 0.6) is 0 Å². The monoisotopic (exact) mass is 486 g/mol. The van der Waals surface area contributed by atoms with Gasteiger partial charge in [-0.3, -0.25) is 9.59 Å². The molecule has 0 atom stereocenters. The zero-order chi connectivity index (χ0) is 25.8. The molecule has 182 valence electrons. The fourth-order valence-corrected chi connectivity index (χ4v) is 4.08. The Balaban J connectivity index is 1.48. The van der Waals surface area contributed by atoms with Crippen LogP contribution in [-0.4, -0.2) is 35.6 Å². The maximum atomic E-state index is 13.5. The first-order chi connectivity index (χ1) is 18.0. The van der Waals surface area contributed by atoms with Crippen molar-refractivity contribution in [3.05, 3.63) is 132 Å². The van der Waals surface area contributed by atoms with Gasteiger partial charge in [0.15, 0.2) is 5.78 Å². The number of hydrogen-bond acceptors (Lipinski definition) is 4. The van der Waals surface area contributed by atoms with Crippen LogP contribution in [0.1, 0.15) is 26.3 Å². The molecular weight excluding hydrogens is 460 g/mol. The second-order valence-corrected chi connectivity index (χ2v) is 8.84. The number of aromatic nitrogens is 2. The summed E-state index contributed by atoms with van der Waals surface area (Å²) in [5.41, 5.74) is 5.37. The molecule has 6 heteroatoms. The summed E-state index contributed by atoms with van der Waals surface area (Å²) < 4.78 is 1.71. The van der Waals surface area contributed by atoms with E-state index >= 15 is 0 Å². The normalized spacial score (nSPS) is 10.6. The van der Waals surface area contributed by atoms with Crippen molar-refractivity contribution in [2.24, 2.45) is 0 Å². The van der Waals surface area contributed by atoms with Gasteiger partial charge in [0.2, 0.25) is 0 Å². The van der Waals surface area contributed by atoms with Gasteiger partial charge in [-0.15, -0.1) is 0 Å². The maximum absolute atomic E-state index is 13.5. The van der Waals surface area contributed by atoms with Crippen LogP contribution in [0, 0.1) is 0 Å². The lowest BCUT2D eigenvalue weighted by Crippen LogP contribution is -2.13. The van der Waals surface area contributed by atoms with E-state index in [4.69, 9.17) is 5.10 Å². The van der Waals surface area contributed by atoms with Crippen LogP contribution < -0.4 is 10.2 Å². The number of carbonyl (C=O) groups is 2. The number of benzene rings is 4. The van der Waals surface area contributed by atoms with Gasteiger partial charge in [0.1, 0.15) is 5.69 Å². The van der Waals surface area contributed by atoms with Gasteiger partial charge in [-0.1, -0.05) is 72.8 Å². The number of nitrogens with zero attached hydrogens (tertiary/aromatic N) is 3. The molecule has 1 heterocycles. The van der Waals surface area contributed by atoms with E-state index in [-0.39, 0.29) is 11.7 Å². The average molecular weight is 487 g/mol. The first kappa shape index (κ1) is 23.8. The SMILES string of the molecule is CN(C)c1ccc(-c2nn(-c3ccccc3)cc2C(=O)Nc2cccc(C(=O)c3ccccc3)c2)cc1. The molecule has 1 amide bonds. The van der Waals surface area contributed by atoms with Crippen LogP contribution in [-0.2, 0) is 0 Å². The van der Waals surface area contributed by atoms with Crippen molar-refractivity contribution in [3.63, 3.8) is 0 Å². The third kappa shape index (κ3) is 5.18. The highest BCUT2D eigenvalue weighted by molar-refractivity contribution is 6.11. The van der Waals surface area contributed by atoms with E-state index in [1.165, 1.54) is 0 Å². The molecule has 0 aliphatic heterocycles. The predicted octanol–water partition coefficient (Wildman–Crippen LogP) is 6.09. The lowest BCUT2D eigenvalue weighted by molar-refractivity contribution is 0.102. The van der Waals surface area contributed by atoms with Gasteiger partial charge >= 0.3 is 0 Å². The van der Waals surface area contributed by atoms with Crippen LogP contribution in [0.2, 0.25) is 0 Å². The molecule has 5 aromatic rings. The molecule has 4 aromatic carbocycles. The molecular formula is C31H26N4O2. The highest BCUT2D eigenvalue weighted by Gasteiger charge is 2.20. The van der Waals surface area contributed by atoms with Crippen molar-refractivity contribution in [3.8, 4) is 16.9 Å². The summed E-state index contributed by atoms with van der Waals surface area (Å²) in [6, 6.07) is 33.6. The summed E-state index contributed by atoms with van der Waals surface area (Å²) >= 11 is 0. The summed E-state index contributed by atoms with van der Waals surface area (Å²) in [7, 11) is 3.96. The number of para-hydroxylation sites is 1. The molecule has 0 radical (unpaired) electrons. The Bertz CT molecular complexity index is 1540. The number of carbonyl (C=O) groups excluding carboxylic acids is 2. The van der Waals surface area contributed by atoms with Crippen molar-refractivity contribution < 1.29 is 9.59 Å². The highest BCUT2D eigenvalue weighted by Crippen LogP contribution is 2.27. The third-order valence-corrected chi connectivity index (χ3v) is 6.06. The number of ketones is 1. The smallest absolute Gasteiger partial charge is 0.259 e. The summed E-state index contributed by atoms with van der Waals surface area (Å²) in [6.07, 6.45) is 1.73. The Morgan fingerprint density at radius 3 is 2.08 bits per heavy atom. The number of amides is 1. The largest absolute Gasteiger partial charge is 0.378 e. The Hall–Kier alpha value is -4.97. The average Bonchev–Trinajstić information content (AvgIpc) is 3.40. The Morgan fingerprint density at radius 1 is 0.757 bits per heavy atom.